The molecule has 4 nitrogen and oxygen atoms in total. The van der Waals surface area contributed by atoms with Gasteiger partial charge in [0.25, 0.3) is 5.22 Å². The van der Waals surface area contributed by atoms with E-state index in [4.69, 9.17) is 9.52 Å². The van der Waals surface area contributed by atoms with E-state index in [0.717, 1.165) is 17.3 Å². The molecule has 0 radical (unpaired) electrons. The number of para-hydroxylation sites is 2. The minimum atomic E-state index is -0.838. The van der Waals surface area contributed by atoms with Crippen LogP contribution >= 0.6 is 11.8 Å². The first-order valence-corrected chi connectivity index (χ1v) is 5.83. The molecule has 16 heavy (non-hydrogen) atoms. The Hall–Kier alpha value is -1.49. The van der Waals surface area contributed by atoms with E-state index in [0.29, 0.717) is 17.2 Å². The number of oxazole rings is 1. The highest BCUT2D eigenvalue weighted by atomic mass is 32.2. The number of carbonyl (C=O) groups is 1. The highest BCUT2D eigenvalue weighted by Gasteiger charge is 2.19. The van der Waals surface area contributed by atoms with Crippen LogP contribution in [0, 0.1) is 0 Å². The zero-order valence-electron chi connectivity index (χ0n) is 8.71. The summed E-state index contributed by atoms with van der Waals surface area (Å²) in [6.07, 6.45) is 0.540. The van der Waals surface area contributed by atoms with E-state index in [1.54, 1.807) is 0 Å². The van der Waals surface area contributed by atoms with Gasteiger partial charge in [0.15, 0.2) is 5.58 Å². The quantitative estimate of drug-likeness (QED) is 0.828. The van der Waals surface area contributed by atoms with Gasteiger partial charge < -0.3 is 9.52 Å². The number of thioether (sulfide) groups is 1. The molecule has 0 spiro atoms. The lowest BCUT2D eigenvalue weighted by atomic mass is 10.3. The van der Waals surface area contributed by atoms with Crippen molar-refractivity contribution in [3.05, 3.63) is 24.3 Å². The van der Waals surface area contributed by atoms with Crippen molar-refractivity contribution in [3.63, 3.8) is 0 Å². The predicted molar refractivity (Wildman–Crippen MR) is 61.6 cm³/mol. The number of aromatic nitrogens is 1. The molecule has 84 valence electrons. The number of hydrogen-bond acceptors (Lipinski definition) is 4. The molecule has 2 aromatic rings. The summed E-state index contributed by atoms with van der Waals surface area (Å²) in [5, 5.41) is 8.83. The maximum absolute atomic E-state index is 10.9. The number of hydrogen-bond donors (Lipinski definition) is 1. The summed E-state index contributed by atoms with van der Waals surface area (Å²) in [6.45, 7) is 1.83. The van der Waals surface area contributed by atoms with Crippen molar-refractivity contribution in [2.75, 3.05) is 0 Å². The standard InChI is InChI=1S/C11H11NO3S/c1-2-9(10(13)14)16-11-12-7-5-3-4-6-8(7)15-11/h3-6,9H,2H2,1H3,(H,13,14)/t9-/m0/s1. The van der Waals surface area contributed by atoms with Crippen molar-refractivity contribution in [1.29, 1.82) is 0 Å². The first-order chi connectivity index (χ1) is 7.70. The molecule has 0 saturated heterocycles. The summed E-state index contributed by atoms with van der Waals surface area (Å²) in [7, 11) is 0. The third-order valence-corrected chi connectivity index (χ3v) is 3.36. The second-order valence-electron chi connectivity index (χ2n) is 3.30. The molecule has 0 fully saturated rings. The lowest BCUT2D eigenvalue weighted by Crippen LogP contribution is -2.14. The Balaban J connectivity index is 2.24. The van der Waals surface area contributed by atoms with E-state index >= 15 is 0 Å². The minimum Gasteiger partial charge on any atom is -0.480 e. The molecule has 1 aromatic carbocycles. The molecule has 0 aliphatic heterocycles. The molecule has 0 bridgehead atoms. The van der Waals surface area contributed by atoms with Crippen LogP contribution in [0.4, 0.5) is 0 Å². The van der Waals surface area contributed by atoms with Gasteiger partial charge in [-0.15, -0.1) is 0 Å². The average molecular weight is 237 g/mol. The number of fused-ring (bicyclic) bond motifs is 1. The maximum Gasteiger partial charge on any atom is 0.317 e. The Morgan fingerprint density at radius 2 is 2.31 bits per heavy atom. The van der Waals surface area contributed by atoms with E-state index in [-0.39, 0.29) is 0 Å². The van der Waals surface area contributed by atoms with E-state index in [1.165, 1.54) is 0 Å². The van der Waals surface area contributed by atoms with Crippen molar-refractivity contribution in [2.45, 2.75) is 23.8 Å². The fraction of sp³-hybridized carbons (Fsp3) is 0.273. The molecule has 1 atom stereocenters. The van der Waals surface area contributed by atoms with Crippen LogP contribution in [-0.4, -0.2) is 21.3 Å². The van der Waals surface area contributed by atoms with Crippen LogP contribution in [0.3, 0.4) is 0 Å². The highest BCUT2D eigenvalue weighted by Crippen LogP contribution is 2.28. The van der Waals surface area contributed by atoms with Gasteiger partial charge in [-0.2, -0.15) is 0 Å². The molecule has 0 unspecified atom stereocenters. The number of rotatable bonds is 4. The SMILES string of the molecule is CC[C@H](Sc1nc2ccccc2o1)C(=O)O. The molecule has 5 heteroatoms. The average Bonchev–Trinajstić information content (AvgIpc) is 2.67. The third kappa shape index (κ3) is 2.19. The zero-order valence-corrected chi connectivity index (χ0v) is 9.53. The third-order valence-electron chi connectivity index (χ3n) is 2.16. The lowest BCUT2D eigenvalue weighted by Gasteiger charge is -2.04. The van der Waals surface area contributed by atoms with Crippen LogP contribution in [-0.2, 0) is 4.79 Å². The Bertz CT molecular complexity index is 476. The predicted octanol–water partition coefficient (Wildman–Crippen LogP) is 2.78. The molecule has 1 aromatic heterocycles. The fourth-order valence-corrected chi connectivity index (χ4v) is 2.13. The fourth-order valence-electron chi connectivity index (χ4n) is 1.33. The van der Waals surface area contributed by atoms with Crippen LogP contribution in [0.5, 0.6) is 0 Å². The number of aliphatic carboxylic acids is 1. The molecule has 0 aliphatic carbocycles. The topological polar surface area (TPSA) is 63.3 Å². The van der Waals surface area contributed by atoms with Gasteiger partial charge in [-0.1, -0.05) is 30.8 Å². The lowest BCUT2D eigenvalue weighted by molar-refractivity contribution is -0.136. The largest absolute Gasteiger partial charge is 0.480 e. The Morgan fingerprint density at radius 1 is 1.56 bits per heavy atom. The van der Waals surface area contributed by atoms with E-state index in [1.807, 2.05) is 31.2 Å². The summed E-state index contributed by atoms with van der Waals surface area (Å²) < 4.78 is 5.44. The van der Waals surface area contributed by atoms with Gasteiger partial charge in [0.2, 0.25) is 0 Å². The van der Waals surface area contributed by atoms with Gasteiger partial charge in [-0.25, -0.2) is 4.98 Å². The van der Waals surface area contributed by atoms with Crippen LogP contribution in [0.25, 0.3) is 11.1 Å². The molecular formula is C11H11NO3S. The highest BCUT2D eigenvalue weighted by molar-refractivity contribution is 8.00. The van der Waals surface area contributed by atoms with Crippen molar-refractivity contribution in [2.24, 2.45) is 0 Å². The van der Waals surface area contributed by atoms with E-state index in [2.05, 4.69) is 4.98 Å². The van der Waals surface area contributed by atoms with Gasteiger partial charge in [0.05, 0.1) is 0 Å². The Kier molecular flexibility index (Phi) is 3.14. The Morgan fingerprint density at radius 3 is 2.94 bits per heavy atom. The molecule has 0 saturated carbocycles. The summed E-state index contributed by atoms with van der Waals surface area (Å²) in [6, 6.07) is 7.38. The van der Waals surface area contributed by atoms with Gasteiger partial charge in [0.1, 0.15) is 10.8 Å². The van der Waals surface area contributed by atoms with Crippen molar-refractivity contribution in [1.82, 2.24) is 4.98 Å². The van der Waals surface area contributed by atoms with Crippen molar-refractivity contribution in [3.8, 4) is 0 Å². The van der Waals surface area contributed by atoms with Gasteiger partial charge in [-0.05, 0) is 18.6 Å². The molecule has 1 N–H and O–H groups in total. The van der Waals surface area contributed by atoms with E-state index in [9.17, 15) is 4.79 Å². The summed E-state index contributed by atoms with van der Waals surface area (Å²) >= 11 is 1.15. The van der Waals surface area contributed by atoms with Crippen molar-refractivity contribution >= 4 is 28.8 Å². The number of benzene rings is 1. The number of nitrogens with zero attached hydrogens (tertiary/aromatic N) is 1. The van der Waals surface area contributed by atoms with E-state index < -0.39 is 11.2 Å². The molecule has 1 heterocycles. The van der Waals surface area contributed by atoms with Crippen LogP contribution in [0.15, 0.2) is 33.9 Å². The zero-order chi connectivity index (χ0) is 11.5. The molecule has 0 aliphatic rings. The van der Waals surface area contributed by atoms with Crippen LogP contribution in [0.1, 0.15) is 13.3 Å². The summed E-state index contributed by atoms with van der Waals surface area (Å²) in [5.41, 5.74) is 1.44. The van der Waals surface area contributed by atoms with Crippen LogP contribution in [0.2, 0.25) is 0 Å². The second-order valence-corrected chi connectivity index (χ2v) is 4.45. The first-order valence-electron chi connectivity index (χ1n) is 4.95. The summed E-state index contributed by atoms with van der Waals surface area (Å²) in [4.78, 5) is 15.1. The van der Waals surface area contributed by atoms with Crippen LogP contribution < -0.4 is 0 Å². The first kappa shape index (κ1) is 11.0. The smallest absolute Gasteiger partial charge is 0.317 e. The molecular weight excluding hydrogens is 226 g/mol. The normalized spacial score (nSPS) is 12.8. The molecule has 0 amide bonds. The van der Waals surface area contributed by atoms with Crippen molar-refractivity contribution < 1.29 is 14.3 Å². The Labute approximate surface area is 96.7 Å². The minimum absolute atomic E-state index is 0.412. The monoisotopic (exact) mass is 237 g/mol. The summed E-state index contributed by atoms with van der Waals surface area (Å²) in [5.74, 6) is -0.838. The van der Waals surface area contributed by atoms with Gasteiger partial charge in [0, 0.05) is 0 Å². The number of carboxylic acids is 1. The van der Waals surface area contributed by atoms with Gasteiger partial charge >= 0.3 is 5.97 Å². The number of carboxylic acid groups (broad SMARTS) is 1. The molecule has 2 rings (SSSR count). The van der Waals surface area contributed by atoms with Gasteiger partial charge in [-0.3, -0.25) is 4.79 Å². The second kappa shape index (κ2) is 4.57. The maximum atomic E-state index is 10.9.